The predicted molar refractivity (Wildman–Crippen MR) is 69.9 cm³/mol. The normalized spacial score (nSPS) is 24.3. The Balaban J connectivity index is 1.91. The molecule has 0 aliphatic carbocycles. The van der Waals surface area contributed by atoms with Gasteiger partial charge in [-0.3, -0.25) is 0 Å². The molecule has 2 aromatic rings. The number of fused-ring (bicyclic) bond motifs is 1. The maximum Gasteiger partial charge on any atom is 0.0830 e. The van der Waals surface area contributed by atoms with Gasteiger partial charge in [-0.05, 0) is 35.2 Å². The second-order valence-electron chi connectivity index (χ2n) is 4.67. The summed E-state index contributed by atoms with van der Waals surface area (Å²) in [6.45, 7) is 0.629. The van der Waals surface area contributed by atoms with Crippen molar-refractivity contribution in [3.05, 3.63) is 48.0 Å². The van der Waals surface area contributed by atoms with E-state index in [0.29, 0.717) is 6.54 Å². The first kappa shape index (κ1) is 10.8. The molecule has 1 aliphatic heterocycles. The molecular weight excluding hydrogens is 210 g/mol. The number of nitrogens with two attached hydrogens (primary N) is 1. The Labute approximate surface area is 101 Å². The molecule has 0 amide bonds. The highest BCUT2D eigenvalue weighted by Gasteiger charge is 2.25. The summed E-state index contributed by atoms with van der Waals surface area (Å²) in [5.74, 6) is 0. The molecule has 2 atom stereocenters. The Morgan fingerprint density at radius 1 is 1.06 bits per heavy atom. The van der Waals surface area contributed by atoms with Crippen LogP contribution in [0.2, 0.25) is 0 Å². The van der Waals surface area contributed by atoms with Crippen LogP contribution in [-0.2, 0) is 4.74 Å². The highest BCUT2D eigenvalue weighted by atomic mass is 16.5. The van der Waals surface area contributed by atoms with Crippen molar-refractivity contribution in [2.45, 2.75) is 25.0 Å². The van der Waals surface area contributed by atoms with Gasteiger partial charge in [0.05, 0.1) is 12.2 Å². The molecule has 2 nitrogen and oxygen atoms in total. The lowest BCUT2D eigenvalue weighted by Crippen LogP contribution is -2.18. The molecule has 2 heteroatoms. The topological polar surface area (TPSA) is 35.2 Å². The maximum atomic E-state index is 5.92. The van der Waals surface area contributed by atoms with Crippen molar-refractivity contribution < 1.29 is 4.74 Å². The zero-order valence-electron chi connectivity index (χ0n) is 9.80. The zero-order valence-corrected chi connectivity index (χ0v) is 9.80. The average molecular weight is 227 g/mol. The molecule has 2 aromatic carbocycles. The van der Waals surface area contributed by atoms with E-state index in [1.165, 1.54) is 16.3 Å². The van der Waals surface area contributed by atoms with Crippen molar-refractivity contribution >= 4 is 10.8 Å². The zero-order chi connectivity index (χ0) is 11.7. The van der Waals surface area contributed by atoms with E-state index in [0.717, 1.165) is 12.8 Å². The van der Waals surface area contributed by atoms with E-state index in [-0.39, 0.29) is 12.2 Å². The van der Waals surface area contributed by atoms with Crippen LogP contribution in [0.3, 0.4) is 0 Å². The van der Waals surface area contributed by atoms with Crippen LogP contribution in [0, 0.1) is 0 Å². The number of rotatable bonds is 2. The van der Waals surface area contributed by atoms with Crippen LogP contribution in [0.4, 0.5) is 0 Å². The largest absolute Gasteiger partial charge is 0.369 e. The SMILES string of the molecule is NC[C@@H]1CC[C@@H](c2ccc3ccccc3c2)O1. The summed E-state index contributed by atoms with van der Waals surface area (Å²) in [6.07, 6.45) is 2.63. The molecule has 88 valence electrons. The second-order valence-corrected chi connectivity index (χ2v) is 4.67. The number of hydrogen-bond donors (Lipinski definition) is 1. The lowest BCUT2D eigenvalue weighted by atomic mass is 10.0. The van der Waals surface area contributed by atoms with Gasteiger partial charge < -0.3 is 10.5 Å². The summed E-state index contributed by atoms with van der Waals surface area (Å²) in [6, 6.07) is 15.0. The molecular formula is C15H17NO. The molecule has 1 aliphatic rings. The average Bonchev–Trinajstić information content (AvgIpc) is 2.87. The van der Waals surface area contributed by atoms with Crippen LogP contribution in [-0.4, -0.2) is 12.6 Å². The summed E-state index contributed by atoms with van der Waals surface area (Å²) < 4.78 is 5.92. The fourth-order valence-corrected chi connectivity index (χ4v) is 2.53. The molecule has 1 heterocycles. The van der Waals surface area contributed by atoms with Crippen molar-refractivity contribution in [3.8, 4) is 0 Å². The summed E-state index contributed by atoms with van der Waals surface area (Å²) >= 11 is 0. The first-order valence-corrected chi connectivity index (χ1v) is 6.21. The van der Waals surface area contributed by atoms with Crippen LogP contribution in [0.5, 0.6) is 0 Å². The van der Waals surface area contributed by atoms with Gasteiger partial charge in [0.1, 0.15) is 0 Å². The van der Waals surface area contributed by atoms with E-state index >= 15 is 0 Å². The van der Waals surface area contributed by atoms with Crippen molar-refractivity contribution in [3.63, 3.8) is 0 Å². The van der Waals surface area contributed by atoms with Gasteiger partial charge in [0.15, 0.2) is 0 Å². The summed E-state index contributed by atoms with van der Waals surface area (Å²) in [5.41, 5.74) is 6.92. The van der Waals surface area contributed by atoms with Crippen LogP contribution in [0.25, 0.3) is 10.8 Å². The summed E-state index contributed by atoms with van der Waals surface area (Å²) in [7, 11) is 0. The first-order valence-electron chi connectivity index (χ1n) is 6.21. The Morgan fingerprint density at radius 3 is 2.65 bits per heavy atom. The van der Waals surface area contributed by atoms with Crippen molar-refractivity contribution in [1.82, 2.24) is 0 Å². The standard InChI is InChI=1S/C15H17NO/c16-10-14-7-8-15(17-14)13-6-5-11-3-1-2-4-12(11)9-13/h1-6,9,14-15H,7-8,10,16H2/t14-,15-/m0/s1. The van der Waals surface area contributed by atoms with E-state index in [1.54, 1.807) is 0 Å². The molecule has 0 aromatic heterocycles. The summed E-state index contributed by atoms with van der Waals surface area (Å²) in [4.78, 5) is 0. The Bertz CT molecular complexity index is 523. The van der Waals surface area contributed by atoms with Gasteiger partial charge in [0.2, 0.25) is 0 Å². The fraction of sp³-hybridized carbons (Fsp3) is 0.333. The third kappa shape index (κ3) is 2.06. The Hall–Kier alpha value is -1.38. The molecule has 0 bridgehead atoms. The third-order valence-corrected chi connectivity index (χ3v) is 3.52. The molecule has 3 rings (SSSR count). The van der Waals surface area contributed by atoms with Gasteiger partial charge in [0.25, 0.3) is 0 Å². The van der Waals surface area contributed by atoms with Gasteiger partial charge >= 0.3 is 0 Å². The molecule has 0 spiro atoms. The molecule has 0 unspecified atom stereocenters. The number of benzene rings is 2. The molecule has 17 heavy (non-hydrogen) atoms. The van der Waals surface area contributed by atoms with Crippen LogP contribution >= 0.6 is 0 Å². The Kier molecular flexibility index (Phi) is 2.83. The third-order valence-electron chi connectivity index (χ3n) is 3.52. The number of hydrogen-bond acceptors (Lipinski definition) is 2. The fourth-order valence-electron chi connectivity index (χ4n) is 2.53. The quantitative estimate of drug-likeness (QED) is 0.856. The highest BCUT2D eigenvalue weighted by Crippen LogP contribution is 2.33. The minimum absolute atomic E-state index is 0.230. The van der Waals surface area contributed by atoms with E-state index in [4.69, 9.17) is 10.5 Å². The number of ether oxygens (including phenoxy) is 1. The van der Waals surface area contributed by atoms with E-state index < -0.39 is 0 Å². The summed E-state index contributed by atoms with van der Waals surface area (Å²) in [5, 5.41) is 2.56. The van der Waals surface area contributed by atoms with Gasteiger partial charge in [-0.1, -0.05) is 36.4 Å². The second kappa shape index (κ2) is 4.47. The highest BCUT2D eigenvalue weighted by molar-refractivity contribution is 5.83. The molecule has 0 radical (unpaired) electrons. The van der Waals surface area contributed by atoms with Crippen LogP contribution < -0.4 is 5.73 Å². The van der Waals surface area contributed by atoms with Gasteiger partial charge in [-0.15, -0.1) is 0 Å². The van der Waals surface area contributed by atoms with Gasteiger partial charge in [0, 0.05) is 6.54 Å². The lowest BCUT2D eigenvalue weighted by Gasteiger charge is -2.13. The van der Waals surface area contributed by atoms with Crippen molar-refractivity contribution in [2.24, 2.45) is 5.73 Å². The van der Waals surface area contributed by atoms with Crippen LogP contribution in [0.1, 0.15) is 24.5 Å². The van der Waals surface area contributed by atoms with Gasteiger partial charge in [-0.25, -0.2) is 0 Å². The van der Waals surface area contributed by atoms with E-state index in [1.807, 2.05) is 0 Å². The van der Waals surface area contributed by atoms with Crippen molar-refractivity contribution in [2.75, 3.05) is 6.54 Å². The lowest BCUT2D eigenvalue weighted by molar-refractivity contribution is 0.0499. The van der Waals surface area contributed by atoms with Gasteiger partial charge in [-0.2, -0.15) is 0 Å². The monoisotopic (exact) mass is 227 g/mol. The molecule has 0 saturated carbocycles. The predicted octanol–water partition coefficient (Wildman–Crippen LogP) is 3.02. The smallest absolute Gasteiger partial charge is 0.0830 e. The maximum absolute atomic E-state index is 5.92. The molecule has 1 saturated heterocycles. The molecule has 1 fully saturated rings. The van der Waals surface area contributed by atoms with E-state index in [2.05, 4.69) is 42.5 Å². The van der Waals surface area contributed by atoms with Crippen molar-refractivity contribution in [1.29, 1.82) is 0 Å². The first-order chi connectivity index (χ1) is 8.36. The molecule has 2 N–H and O–H groups in total. The minimum atomic E-state index is 0.230. The minimum Gasteiger partial charge on any atom is -0.369 e. The van der Waals surface area contributed by atoms with E-state index in [9.17, 15) is 0 Å². The Morgan fingerprint density at radius 2 is 1.88 bits per heavy atom. The van der Waals surface area contributed by atoms with Crippen LogP contribution in [0.15, 0.2) is 42.5 Å².